The maximum Gasteiger partial charge on any atom is 0.154 e. The zero-order valence-electron chi connectivity index (χ0n) is 9.12. The van der Waals surface area contributed by atoms with Crippen LogP contribution >= 0.6 is 23.2 Å². The first kappa shape index (κ1) is 12.2. The van der Waals surface area contributed by atoms with Gasteiger partial charge in [-0.15, -0.1) is 0 Å². The van der Waals surface area contributed by atoms with E-state index < -0.39 is 18.3 Å². The molecule has 1 fully saturated rings. The quantitative estimate of drug-likeness (QED) is 0.833. The van der Waals surface area contributed by atoms with Gasteiger partial charge in [-0.1, -0.05) is 23.2 Å². The van der Waals surface area contributed by atoms with Crippen LogP contribution in [0.1, 0.15) is 11.8 Å². The second-order valence-electron chi connectivity index (χ2n) is 4.18. The summed E-state index contributed by atoms with van der Waals surface area (Å²) in [7, 11) is 0. The minimum Gasteiger partial charge on any atom is -0.388 e. The van der Waals surface area contributed by atoms with E-state index in [1.165, 1.54) is 0 Å². The number of pyridine rings is 1. The monoisotopic (exact) mass is 288 g/mol. The summed E-state index contributed by atoms with van der Waals surface area (Å²) in [6.07, 6.45) is -1.01. The van der Waals surface area contributed by atoms with Gasteiger partial charge in [0.1, 0.15) is 24.0 Å². The topological polar surface area (TPSA) is 67.0 Å². The van der Waals surface area contributed by atoms with E-state index in [0.29, 0.717) is 16.4 Å². The van der Waals surface area contributed by atoms with Crippen molar-refractivity contribution in [1.82, 2.24) is 9.38 Å². The summed E-state index contributed by atoms with van der Waals surface area (Å²) in [5.41, 5.74) is 1.11. The summed E-state index contributed by atoms with van der Waals surface area (Å²) in [6, 6.07) is 3.42. The lowest BCUT2D eigenvalue weighted by molar-refractivity contribution is 0.0202. The van der Waals surface area contributed by atoms with Gasteiger partial charge in [0.25, 0.3) is 0 Å². The van der Waals surface area contributed by atoms with Gasteiger partial charge in [0.15, 0.2) is 5.15 Å². The molecule has 7 heteroatoms. The summed E-state index contributed by atoms with van der Waals surface area (Å²) in [5.74, 6) is 0. The van der Waals surface area contributed by atoms with Gasteiger partial charge in [0, 0.05) is 6.20 Å². The van der Waals surface area contributed by atoms with Gasteiger partial charge in [-0.3, -0.25) is 4.40 Å². The number of aromatic nitrogens is 2. The Bertz CT molecular complexity index is 601. The van der Waals surface area contributed by atoms with Gasteiger partial charge < -0.3 is 14.9 Å². The van der Waals surface area contributed by atoms with Crippen molar-refractivity contribution in [3.63, 3.8) is 0 Å². The highest BCUT2D eigenvalue weighted by molar-refractivity contribution is 6.31. The Balaban J connectivity index is 2.16. The Morgan fingerprint density at radius 2 is 2.11 bits per heavy atom. The molecule has 2 aromatic heterocycles. The standard InChI is InChI=1S/C11H10Cl2N2O3/c12-5-1-2-7-14-11(13)8(15(7)3-5)10-9(17)6(16)4-18-10/h1-3,6,9-10,16-17H,4H2/t6-,9-,10+/m1/s1. The van der Waals surface area contributed by atoms with E-state index >= 15 is 0 Å². The van der Waals surface area contributed by atoms with Crippen molar-refractivity contribution in [2.24, 2.45) is 0 Å². The minimum atomic E-state index is -1.03. The van der Waals surface area contributed by atoms with Gasteiger partial charge in [-0.2, -0.15) is 0 Å². The van der Waals surface area contributed by atoms with Crippen LogP contribution in [0.3, 0.4) is 0 Å². The summed E-state index contributed by atoms with van der Waals surface area (Å²) >= 11 is 12.0. The summed E-state index contributed by atoms with van der Waals surface area (Å²) in [4.78, 5) is 4.16. The molecule has 0 aromatic carbocycles. The molecule has 0 spiro atoms. The molecule has 1 saturated heterocycles. The van der Waals surface area contributed by atoms with Gasteiger partial charge in [-0.05, 0) is 12.1 Å². The Morgan fingerprint density at radius 3 is 2.78 bits per heavy atom. The van der Waals surface area contributed by atoms with Crippen LogP contribution in [-0.4, -0.2) is 38.4 Å². The first-order chi connectivity index (χ1) is 8.58. The summed E-state index contributed by atoms with van der Waals surface area (Å²) < 4.78 is 7.03. The third-order valence-electron chi connectivity index (χ3n) is 2.99. The molecule has 96 valence electrons. The maximum atomic E-state index is 9.87. The van der Waals surface area contributed by atoms with Crippen molar-refractivity contribution in [2.45, 2.75) is 18.3 Å². The van der Waals surface area contributed by atoms with Crippen LogP contribution < -0.4 is 0 Å². The van der Waals surface area contributed by atoms with Crippen LogP contribution in [0.2, 0.25) is 10.2 Å². The third kappa shape index (κ3) is 1.79. The number of hydrogen-bond donors (Lipinski definition) is 2. The first-order valence-electron chi connectivity index (χ1n) is 5.38. The van der Waals surface area contributed by atoms with E-state index in [9.17, 15) is 10.2 Å². The van der Waals surface area contributed by atoms with Crippen LogP contribution in [0.5, 0.6) is 0 Å². The highest BCUT2D eigenvalue weighted by Gasteiger charge is 2.38. The van der Waals surface area contributed by atoms with E-state index in [1.807, 2.05) is 0 Å². The minimum absolute atomic E-state index is 0.0654. The SMILES string of the molecule is O[C@@H]1[C@H](O)CO[C@H]1c1c(Cl)nc2ccc(Cl)cn12. The Kier molecular flexibility index (Phi) is 2.96. The number of fused-ring (bicyclic) bond motifs is 1. The maximum absolute atomic E-state index is 9.87. The van der Waals surface area contributed by atoms with Crippen LogP contribution in [0.15, 0.2) is 18.3 Å². The van der Waals surface area contributed by atoms with Crippen molar-refractivity contribution in [1.29, 1.82) is 0 Å². The number of halogens is 2. The third-order valence-corrected chi connectivity index (χ3v) is 3.50. The van der Waals surface area contributed by atoms with Crippen LogP contribution in [0.25, 0.3) is 5.65 Å². The molecule has 0 amide bonds. The number of imidazole rings is 1. The molecule has 1 aliphatic rings. The molecular weight excluding hydrogens is 279 g/mol. The largest absolute Gasteiger partial charge is 0.388 e. The number of aliphatic hydroxyl groups excluding tert-OH is 2. The van der Waals surface area contributed by atoms with Crippen LogP contribution in [0, 0.1) is 0 Å². The highest BCUT2D eigenvalue weighted by Crippen LogP contribution is 2.34. The molecule has 1 aliphatic heterocycles. The number of aliphatic hydroxyl groups is 2. The van der Waals surface area contributed by atoms with Crippen LogP contribution in [0.4, 0.5) is 0 Å². The normalized spacial score (nSPS) is 28.1. The molecule has 0 aliphatic carbocycles. The van der Waals surface area contributed by atoms with Crippen molar-refractivity contribution in [3.8, 4) is 0 Å². The van der Waals surface area contributed by atoms with Crippen molar-refractivity contribution < 1.29 is 14.9 Å². The molecule has 0 radical (unpaired) electrons. The number of ether oxygens (including phenoxy) is 1. The Hall–Kier alpha value is -0.850. The van der Waals surface area contributed by atoms with Crippen molar-refractivity contribution in [3.05, 3.63) is 34.2 Å². The molecule has 0 unspecified atom stereocenters. The molecule has 18 heavy (non-hydrogen) atoms. The molecule has 3 rings (SSSR count). The Morgan fingerprint density at radius 1 is 1.33 bits per heavy atom. The van der Waals surface area contributed by atoms with E-state index in [1.54, 1.807) is 22.7 Å². The molecule has 5 nitrogen and oxygen atoms in total. The highest BCUT2D eigenvalue weighted by atomic mass is 35.5. The first-order valence-corrected chi connectivity index (χ1v) is 6.14. The average Bonchev–Trinajstić information content (AvgIpc) is 2.81. The summed E-state index contributed by atoms with van der Waals surface area (Å²) in [6.45, 7) is 0.0654. The zero-order valence-corrected chi connectivity index (χ0v) is 10.6. The zero-order chi connectivity index (χ0) is 12.9. The smallest absolute Gasteiger partial charge is 0.154 e. The Labute approximate surface area is 113 Å². The number of hydrogen-bond acceptors (Lipinski definition) is 4. The van der Waals surface area contributed by atoms with Gasteiger partial charge >= 0.3 is 0 Å². The van der Waals surface area contributed by atoms with E-state index in [2.05, 4.69) is 4.98 Å². The predicted octanol–water partition coefficient (Wildman–Crippen LogP) is 1.43. The number of rotatable bonds is 1. The van der Waals surface area contributed by atoms with E-state index in [4.69, 9.17) is 27.9 Å². The van der Waals surface area contributed by atoms with E-state index in [-0.39, 0.29) is 11.8 Å². The van der Waals surface area contributed by atoms with E-state index in [0.717, 1.165) is 0 Å². The molecular formula is C11H10Cl2N2O3. The lowest BCUT2D eigenvalue weighted by atomic mass is 10.1. The molecule has 2 N–H and O–H groups in total. The van der Waals surface area contributed by atoms with Gasteiger partial charge in [0.2, 0.25) is 0 Å². The average molecular weight is 289 g/mol. The fourth-order valence-electron chi connectivity index (χ4n) is 2.10. The molecule has 3 heterocycles. The predicted molar refractivity (Wildman–Crippen MR) is 65.9 cm³/mol. The molecule has 2 aromatic rings. The molecule has 0 bridgehead atoms. The van der Waals surface area contributed by atoms with Crippen molar-refractivity contribution in [2.75, 3.05) is 6.61 Å². The van der Waals surface area contributed by atoms with Gasteiger partial charge in [-0.25, -0.2) is 4.98 Å². The fourth-order valence-corrected chi connectivity index (χ4v) is 2.55. The summed E-state index contributed by atoms with van der Waals surface area (Å²) in [5, 5.41) is 20.1. The fraction of sp³-hybridized carbons (Fsp3) is 0.364. The lowest BCUT2D eigenvalue weighted by Gasteiger charge is -2.15. The molecule has 3 atom stereocenters. The lowest BCUT2D eigenvalue weighted by Crippen LogP contribution is -2.25. The van der Waals surface area contributed by atoms with Crippen LogP contribution in [-0.2, 0) is 4.74 Å². The second kappa shape index (κ2) is 4.36. The van der Waals surface area contributed by atoms with Gasteiger partial charge in [0.05, 0.1) is 17.3 Å². The second-order valence-corrected chi connectivity index (χ2v) is 4.97. The number of nitrogens with zero attached hydrogens (tertiary/aromatic N) is 2. The van der Waals surface area contributed by atoms with Crippen molar-refractivity contribution >= 4 is 28.8 Å². The molecule has 0 saturated carbocycles.